The van der Waals surface area contributed by atoms with Crippen molar-refractivity contribution in [3.8, 4) is 5.88 Å². The first kappa shape index (κ1) is 17.8. The van der Waals surface area contributed by atoms with Gasteiger partial charge in [-0.15, -0.1) is 4.91 Å². The summed E-state index contributed by atoms with van der Waals surface area (Å²) in [5, 5.41) is 5.30. The topological polar surface area (TPSA) is 120 Å². The molecular formula is C17H17N5O3. The number of anilines is 2. The molecule has 3 N–H and O–H groups in total. The minimum Gasteiger partial charge on any atom is -0.471 e. The van der Waals surface area contributed by atoms with Gasteiger partial charge < -0.3 is 15.8 Å². The summed E-state index contributed by atoms with van der Waals surface area (Å²) in [6.45, 7) is 1.98. The van der Waals surface area contributed by atoms with Crippen molar-refractivity contribution in [2.24, 2.45) is 5.18 Å². The van der Waals surface area contributed by atoms with Crippen molar-refractivity contribution in [1.29, 1.82) is 0 Å². The Kier molecular flexibility index (Phi) is 6.35. The van der Waals surface area contributed by atoms with Crippen LogP contribution in [-0.4, -0.2) is 15.9 Å². The molecule has 8 heteroatoms. The molecule has 0 bridgehead atoms. The number of nitrogens with one attached hydrogen (secondary N) is 1. The molecule has 0 atom stereocenters. The number of nitrogens with zero attached hydrogens (tertiary/aromatic N) is 3. The maximum absolute atomic E-state index is 11.8. The van der Waals surface area contributed by atoms with Gasteiger partial charge in [-0.1, -0.05) is 48.6 Å². The van der Waals surface area contributed by atoms with Crippen LogP contribution < -0.4 is 15.8 Å². The van der Waals surface area contributed by atoms with Crippen molar-refractivity contribution < 1.29 is 9.53 Å². The Labute approximate surface area is 144 Å². The summed E-state index contributed by atoms with van der Waals surface area (Å²) in [6, 6.07) is 9.29. The van der Waals surface area contributed by atoms with Crippen molar-refractivity contribution in [2.75, 3.05) is 11.1 Å². The summed E-state index contributed by atoms with van der Waals surface area (Å²) in [6.07, 6.45) is 6.26. The molecular weight excluding hydrogens is 322 g/mol. The van der Waals surface area contributed by atoms with E-state index in [2.05, 4.69) is 20.5 Å². The summed E-state index contributed by atoms with van der Waals surface area (Å²) >= 11 is 0. The minimum atomic E-state index is -0.491. The number of rotatable bonds is 7. The van der Waals surface area contributed by atoms with Gasteiger partial charge in [0.2, 0.25) is 17.5 Å². The molecule has 0 saturated carbocycles. The van der Waals surface area contributed by atoms with Crippen LogP contribution in [0.2, 0.25) is 0 Å². The Morgan fingerprint density at radius 2 is 2.04 bits per heavy atom. The number of carbonyl (C=O) groups excluding carboxylic acids is 1. The van der Waals surface area contributed by atoms with Gasteiger partial charge in [0.1, 0.15) is 6.61 Å². The predicted octanol–water partition coefficient (Wildman–Crippen LogP) is 3.11. The number of nitrogen functional groups attached to an aromatic ring is 1. The van der Waals surface area contributed by atoms with E-state index in [1.54, 1.807) is 18.2 Å². The Morgan fingerprint density at radius 1 is 1.28 bits per heavy atom. The number of carbonyl (C=O) groups is 1. The average molecular weight is 339 g/mol. The summed E-state index contributed by atoms with van der Waals surface area (Å²) in [7, 11) is 0. The Morgan fingerprint density at radius 3 is 2.72 bits per heavy atom. The number of benzene rings is 1. The molecule has 1 heterocycles. The molecule has 128 valence electrons. The molecule has 0 unspecified atom stereocenters. The lowest BCUT2D eigenvalue weighted by Crippen LogP contribution is -2.12. The third kappa shape index (κ3) is 5.24. The van der Waals surface area contributed by atoms with Crippen LogP contribution in [0.15, 0.2) is 59.8 Å². The molecule has 25 heavy (non-hydrogen) atoms. The number of ether oxygens (including phenoxy) is 1. The number of nitroso groups, excluding NO2 is 1. The summed E-state index contributed by atoms with van der Waals surface area (Å²) in [5.41, 5.74) is 6.27. The highest BCUT2D eigenvalue weighted by Crippen LogP contribution is 2.33. The molecule has 2 aromatic rings. The van der Waals surface area contributed by atoms with Gasteiger partial charge in [-0.3, -0.25) is 4.79 Å². The van der Waals surface area contributed by atoms with Gasteiger partial charge in [-0.2, -0.15) is 9.97 Å². The van der Waals surface area contributed by atoms with Crippen LogP contribution in [-0.2, 0) is 11.4 Å². The molecule has 1 amide bonds. The third-order valence-corrected chi connectivity index (χ3v) is 2.97. The lowest BCUT2D eigenvalue weighted by Gasteiger charge is -2.10. The first-order valence-corrected chi connectivity index (χ1v) is 7.42. The van der Waals surface area contributed by atoms with Gasteiger partial charge in [0.05, 0.1) is 0 Å². The van der Waals surface area contributed by atoms with Crippen LogP contribution in [0.1, 0.15) is 12.5 Å². The van der Waals surface area contributed by atoms with E-state index in [9.17, 15) is 9.70 Å². The first-order valence-electron chi connectivity index (χ1n) is 7.42. The van der Waals surface area contributed by atoms with Crippen LogP contribution in [0.4, 0.5) is 17.5 Å². The molecule has 1 aromatic carbocycles. The smallest absolute Gasteiger partial charge is 0.251 e. The third-order valence-electron chi connectivity index (χ3n) is 2.97. The number of hydrogen-bond donors (Lipinski definition) is 2. The number of hydrogen-bond acceptors (Lipinski definition) is 7. The number of amides is 1. The van der Waals surface area contributed by atoms with Crippen molar-refractivity contribution in [3.63, 3.8) is 0 Å². The van der Waals surface area contributed by atoms with Crippen LogP contribution in [0.5, 0.6) is 5.88 Å². The highest BCUT2D eigenvalue weighted by Gasteiger charge is 2.17. The molecule has 0 spiro atoms. The highest BCUT2D eigenvalue weighted by atomic mass is 16.5. The van der Waals surface area contributed by atoms with Crippen molar-refractivity contribution in [1.82, 2.24) is 9.97 Å². The molecule has 0 radical (unpaired) electrons. The Bertz CT molecular complexity index is 803. The molecule has 0 saturated heterocycles. The highest BCUT2D eigenvalue weighted by molar-refractivity contribution is 6.00. The van der Waals surface area contributed by atoms with E-state index >= 15 is 0 Å². The number of nitrogens with two attached hydrogens (primary N) is 1. The summed E-state index contributed by atoms with van der Waals surface area (Å²) in [5.74, 6) is -0.849. The van der Waals surface area contributed by atoms with Gasteiger partial charge in [-0.05, 0) is 17.7 Å². The first-order chi connectivity index (χ1) is 12.1. The van der Waals surface area contributed by atoms with E-state index in [0.29, 0.717) is 0 Å². The number of aromatic nitrogens is 2. The van der Waals surface area contributed by atoms with Crippen molar-refractivity contribution in [2.45, 2.75) is 13.5 Å². The fraction of sp³-hybridized carbons (Fsp3) is 0.118. The van der Waals surface area contributed by atoms with E-state index in [0.717, 1.165) is 5.56 Å². The predicted molar refractivity (Wildman–Crippen MR) is 95.3 cm³/mol. The molecule has 8 nitrogen and oxygen atoms in total. The monoisotopic (exact) mass is 339 g/mol. The van der Waals surface area contributed by atoms with E-state index in [1.807, 2.05) is 37.3 Å². The van der Waals surface area contributed by atoms with Gasteiger partial charge in [-0.25, -0.2) is 0 Å². The van der Waals surface area contributed by atoms with Crippen LogP contribution in [0, 0.1) is 4.91 Å². The van der Waals surface area contributed by atoms with Crippen molar-refractivity contribution >= 4 is 23.4 Å². The van der Waals surface area contributed by atoms with Gasteiger partial charge in [0.25, 0.3) is 5.88 Å². The Hall–Kier alpha value is -3.55. The van der Waals surface area contributed by atoms with Crippen LogP contribution in [0.3, 0.4) is 0 Å². The summed E-state index contributed by atoms with van der Waals surface area (Å²) in [4.78, 5) is 30.7. The molecule has 2 rings (SSSR count). The van der Waals surface area contributed by atoms with E-state index < -0.39 is 5.91 Å². The average Bonchev–Trinajstić information content (AvgIpc) is 2.61. The Balaban J connectivity index is 2.21. The van der Waals surface area contributed by atoms with Crippen LogP contribution >= 0.6 is 0 Å². The van der Waals surface area contributed by atoms with Gasteiger partial charge in [0.15, 0.2) is 5.82 Å². The second-order valence-electron chi connectivity index (χ2n) is 4.82. The zero-order valence-electron chi connectivity index (χ0n) is 13.5. The lowest BCUT2D eigenvalue weighted by atomic mass is 10.2. The standard InChI is InChI=1S/C17H17N5O3/c1-2-3-5-10-13(23)19-15-14(22-24)16(21-17(18)20-15)25-11-12-8-6-4-7-9-12/h2-10H,11H2,1H3,(H3,18,19,20,21,23)/b3-2+,10-5+. The minimum absolute atomic E-state index is 0.0981. The van der Waals surface area contributed by atoms with E-state index in [4.69, 9.17) is 10.5 Å². The van der Waals surface area contributed by atoms with Gasteiger partial charge >= 0.3 is 0 Å². The van der Waals surface area contributed by atoms with E-state index in [-0.39, 0.29) is 29.9 Å². The van der Waals surface area contributed by atoms with Crippen LogP contribution in [0.25, 0.3) is 0 Å². The normalized spacial score (nSPS) is 10.9. The van der Waals surface area contributed by atoms with E-state index in [1.165, 1.54) is 6.08 Å². The fourth-order valence-corrected chi connectivity index (χ4v) is 1.86. The second-order valence-corrected chi connectivity index (χ2v) is 4.82. The molecule has 0 fully saturated rings. The summed E-state index contributed by atoms with van der Waals surface area (Å²) < 4.78 is 5.51. The molecule has 0 aliphatic rings. The molecule has 0 aliphatic heterocycles. The van der Waals surface area contributed by atoms with Crippen molar-refractivity contribution in [3.05, 3.63) is 65.1 Å². The molecule has 1 aromatic heterocycles. The largest absolute Gasteiger partial charge is 0.471 e. The quantitative estimate of drug-likeness (QED) is 0.454. The SMILES string of the molecule is C/C=C/C=C/C(=O)Nc1nc(N)nc(OCc2ccccc2)c1N=O. The lowest BCUT2D eigenvalue weighted by molar-refractivity contribution is -0.111. The maximum Gasteiger partial charge on any atom is 0.251 e. The zero-order chi connectivity index (χ0) is 18.1. The zero-order valence-corrected chi connectivity index (χ0v) is 13.5. The maximum atomic E-state index is 11.8. The second kappa shape index (κ2) is 8.92. The number of allylic oxidation sites excluding steroid dienone is 3. The van der Waals surface area contributed by atoms with Gasteiger partial charge in [0, 0.05) is 6.08 Å². The fourth-order valence-electron chi connectivity index (χ4n) is 1.86. The molecule has 0 aliphatic carbocycles.